The molecule has 0 unspecified atom stereocenters. The molecule has 1 aliphatic rings. The number of benzene rings is 1. The molecule has 2 aromatic heterocycles. The maximum Gasteiger partial charge on any atom is 0.318 e. The highest BCUT2D eigenvalue weighted by atomic mass is 32.2. The Labute approximate surface area is 189 Å². The number of carbonyl (C=O) groups is 1. The molecule has 2 atom stereocenters. The molecule has 0 fully saturated rings. The van der Waals surface area contributed by atoms with Crippen molar-refractivity contribution in [3.63, 3.8) is 0 Å². The van der Waals surface area contributed by atoms with Gasteiger partial charge in [0.2, 0.25) is 0 Å². The molecule has 4 rings (SSSR count). The van der Waals surface area contributed by atoms with Crippen LogP contribution in [0.3, 0.4) is 0 Å². The first-order valence-electron chi connectivity index (χ1n) is 10.3. The molecule has 164 valence electrons. The fourth-order valence-corrected chi connectivity index (χ4v) is 5.83. The molecular formula is C23H26N2O4S2. The zero-order valence-corrected chi connectivity index (χ0v) is 19.9. The molecule has 0 bridgehead atoms. The number of carbonyl (C=O) groups excluding carboxylic acids is 1. The van der Waals surface area contributed by atoms with E-state index >= 15 is 0 Å². The number of methoxy groups -OCH3 is 1. The third-order valence-corrected chi connectivity index (χ3v) is 7.69. The van der Waals surface area contributed by atoms with E-state index in [0.29, 0.717) is 34.3 Å². The third kappa shape index (κ3) is 4.16. The predicted octanol–water partition coefficient (Wildman–Crippen LogP) is 4.51. The molecule has 0 spiro atoms. The molecule has 0 aliphatic carbocycles. The van der Waals surface area contributed by atoms with Gasteiger partial charge in [-0.3, -0.25) is 14.2 Å². The summed E-state index contributed by atoms with van der Waals surface area (Å²) in [5.74, 6) is 0.0135. The van der Waals surface area contributed by atoms with Gasteiger partial charge in [0, 0.05) is 11.3 Å². The Hall–Kier alpha value is -2.16. The van der Waals surface area contributed by atoms with Crippen molar-refractivity contribution in [2.24, 2.45) is 5.92 Å². The molecule has 0 radical (unpaired) electrons. The average molecular weight is 459 g/mol. The van der Waals surface area contributed by atoms with Crippen LogP contribution in [0.5, 0.6) is 0 Å². The number of nitrogens with zero attached hydrogens (tertiary/aromatic N) is 2. The molecule has 3 aromatic rings. The Morgan fingerprint density at radius 1 is 1.29 bits per heavy atom. The van der Waals surface area contributed by atoms with Gasteiger partial charge >= 0.3 is 5.97 Å². The van der Waals surface area contributed by atoms with Crippen molar-refractivity contribution in [2.45, 2.75) is 57.2 Å². The number of fused-ring (bicyclic) bond motifs is 3. The van der Waals surface area contributed by atoms with Crippen LogP contribution in [0, 0.1) is 12.8 Å². The SMILES string of the molecule is COC(=O)[C@H](C)Sc1nc2sc3c(c2c(=O)n1-c1ccc(C)cc1)C[C@@H](C(C)C)OC3. The van der Waals surface area contributed by atoms with Crippen LogP contribution in [0.15, 0.2) is 34.2 Å². The van der Waals surface area contributed by atoms with Crippen LogP contribution < -0.4 is 5.56 Å². The highest BCUT2D eigenvalue weighted by Gasteiger charge is 2.29. The standard InChI is InChI=1S/C23H26N2O4S2/c1-12(2)17-10-16-18(11-29-17)31-20-19(16)21(26)25(15-8-6-13(3)7-9-15)23(24-20)30-14(4)22(27)28-5/h6-9,12,14,17H,10-11H2,1-5H3/t14-,17-/m0/s1. The summed E-state index contributed by atoms with van der Waals surface area (Å²) in [6.45, 7) is 8.54. The van der Waals surface area contributed by atoms with Crippen LogP contribution >= 0.6 is 23.1 Å². The number of esters is 1. The van der Waals surface area contributed by atoms with E-state index in [-0.39, 0.29) is 17.6 Å². The lowest BCUT2D eigenvalue weighted by Crippen LogP contribution is -2.28. The van der Waals surface area contributed by atoms with Crippen LogP contribution in [0.1, 0.15) is 36.8 Å². The molecule has 1 aliphatic heterocycles. The van der Waals surface area contributed by atoms with E-state index in [0.717, 1.165) is 21.7 Å². The second kappa shape index (κ2) is 8.76. The number of rotatable bonds is 5. The molecule has 0 saturated heterocycles. The van der Waals surface area contributed by atoms with Gasteiger partial charge in [-0.15, -0.1) is 11.3 Å². The minimum Gasteiger partial charge on any atom is -0.468 e. The minimum atomic E-state index is -0.491. The van der Waals surface area contributed by atoms with Gasteiger partial charge in [-0.25, -0.2) is 4.98 Å². The van der Waals surface area contributed by atoms with E-state index in [1.54, 1.807) is 11.5 Å². The van der Waals surface area contributed by atoms with Gasteiger partial charge in [0.25, 0.3) is 5.56 Å². The largest absolute Gasteiger partial charge is 0.468 e. The van der Waals surface area contributed by atoms with Crippen molar-refractivity contribution < 1.29 is 14.3 Å². The van der Waals surface area contributed by atoms with E-state index < -0.39 is 5.25 Å². The van der Waals surface area contributed by atoms with Gasteiger partial charge in [-0.1, -0.05) is 43.3 Å². The highest BCUT2D eigenvalue weighted by Crippen LogP contribution is 2.36. The zero-order chi connectivity index (χ0) is 22.3. The van der Waals surface area contributed by atoms with Crippen molar-refractivity contribution in [1.82, 2.24) is 9.55 Å². The summed E-state index contributed by atoms with van der Waals surface area (Å²) in [4.78, 5) is 32.5. The quantitative estimate of drug-likeness (QED) is 0.318. The molecule has 0 N–H and O–H groups in total. The lowest BCUT2D eigenvalue weighted by molar-refractivity contribution is -0.139. The van der Waals surface area contributed by atoms with Crippen molar-refractivity contribution >= 4 is 39.3 Å². The number of thiophene rings is 1. The second-order valence-corrected chi connectivity index (χ2v) is 10.5. The summed E-state index contributed by atoms with van der Waals surface area (Å²) >= 11 is 2.75. The number of aromatic nitrogens is 2. The van der Waals surface area contributed by atoms with Crippen LogP contribution in [-0.4, -0.2) is 34.0 Å². The maximum absolute atomic E-state index is 13.8. The molecule has 3 heterocycles. The second-order valence-electron chi connectivity index (χ2n) is 8.14. The molecule has 8 heteroatoms. The van der Waals surface area contributed by atoms with E-state index in [1.165, 1.54) is 30.2 Å². The number of thioether (sulfide) groups is 1. The predicted molar refractivity (Wildman–Crippen MR) is 124 cm³/mol. The van der Waals surface area contributed by atoms with Gasteiger partial charge in [0.15, 0.2) is 5.16 Å². The lowest BCUT2D eigenvalue weighted by atomic mass is 9.96. The molecule has 31 heavy (non-hydrogen) atoms. The molecule has 1 aromatic carbocycles. The van der Waals surface area contributed by atoms with E-state index in [4.69, 9.17) is 14.5 Å². The Morgan fingerprint density at radius 2 is 2.00 bits per heavy atom. The van der Waals surface area contributed by atoms with E-state index in [1.807, 2.05) is 31.2 Å². The first-order valence-corrected chi connectivity index (χ1v) is 12.0. The van der Waals surface area contributed by atoms with Gasteiger partial charge in [-0.05, 0) is 37.5 Å². The number of hydrogen-bond acceptors (Lipinski definition) is 7. The van der Waals surface area contributed by atoms with Crippen LogP contribution in [0.2, 0.25) is 0 Å². The fraction of sp³-hybridized carbons (Fsp3) is 0.435. The van der Waals surface area contributed by atoms with E-state index in [2.05, 4.69) is 13.8 Å². The van der Waals surface area contributed by atoms with Gasteiger partial charge in [-0.2, -0.15) is 0 Å². The highest BCUT2D eigenvalue weighted by molar-refractivity contribution is 8.00. The lowest BCUT2D eigenvalue weighted by Gasteiger charge is -2.26. The van der Waals surface area contributed by atoms with Gasteiger partial charge in [0.05, 0.1) is 30.9 Å². The smallest absolute Gasteiger partial charge is 0.318 e. The average Bonchev–Trinajstić information content (AvgIpc) is 3.11. The van der Waals surface area contributed by atoms with Crippen LogP contribution in [0.4, 0.5) is 0 Å². The summed E-state index contributed by atoms with van der Waals surface area (Å²) in [5.41, 5.74) is 2.79. The summed E-state index contributed by atoms with van der Waals surface area (Å²) in [6.07, 6.45) is 0.800. The summed E-state index contributed by atoms with van der Waals surface area (Å²) < 4.78 is 12.5. The monoisotopic (exact) mass is 458 g/mol. The number of hydrogen-bond donors (Lipinski definition) is 0. The summed E-state index contributed by atoms with van der Waals surface area (Å²) in [6, 6.07) is 7.76. The van der Waals surface area contributed by atoms with Gasteiger partial charge in [0.1, 0.15) is 10.1 Å². The molecule has 0 saturated carbocycles. The Bertz CT molecular complexity index is 1180. The topological polar surface area (TPSA) is 70.4 Å². The fourth-order valence-electron chi connectivity index (χ4n) is 3.71. The summed E-state index contributed by atoms with van der Waals surface area (Å²) in [7, 11) is 1.36. The maximum atomic E-state index is 13.8. The number of ether oxygens (including phenoxy) is 2. The Morgan fingerprint density at radius 3 is 2.65 bits per heavy atom. The summed E-state index contributed by atoms with van der Waals surface area (Å²) in [5, 5.41) is 0.665. The van der Waals surface area contributed by atoms with Crippen molar-refractivity contribution in [3.8, 4) is 5.69 Å². The normalized spacial score (nSPS) is 17.0. The first-order chi connectivity index (χ1) is 14.8. The van der Waals surface area contributed by atoms with Crippen LogP contribution in [-0.2, 0) is 27.3 Å². The van der Waals surface area contributed by atoms with Crippen molar-refractivity contribution in [2.75, 3.05) is 7.11 Å². The Balaban J connectivity index is 1.92. The third-order valence-electron chi connectivity index (χ3n) is 5.56. The van der Waals surface area contributed by atoms with Crippen LogP contribution in [0.25, 0.3) is 15.9 Å². The molecular weight excluding hydrogens is 432 g/mol. The van der Waals surface area contributed by atoms with E-state index in [9.17, 15) is 9.59 Å². The van der Waals surface area contributed by atoms with Gasteiger partial charge < -0.3 is 9.47 Å². The molecule has 0 amide bonds. The number of aryl methyl sites for hydroxylation is 1. The van der Waals surface area contributed by atoms with Crippen molar-refractivity contribution in [1.29, 1.82) is 0 Å². The minimum absolute atomic E-state index is 0.0888. The van der Waals surface area contributed by atoms with Crippen molar-refractivity contribution in [3.05, 3.63) is 50.6 Å². The molecule has 6 nitrogen and oxygen atoms in total. The zero-order valence-electron chi connectivity index (χ0n) is 18.3. The first kappa shape index (κ1) is 22.0. The Kier molecular flexibility index (Phi) is 6.23.